The average Bonchev–Trinajstić information content (AvgIpc) is 2.73. The molecule has 0 radical (unpaired) electrons. The Kier molecular flexibility index (Phi) is 8.76. The Morgan fingerprint density at radius 3 is 2.20 bits per heavy atom. The molecule has 2 rings (SSSR count). The molecule has 4 heteroatoms. The second-order valence-electron chi connectivity index (χ2n) is 7.36. The summed E-state index contributed by atoms with van der Waals surface area (Å²) in [4.78, 5) is 4.17. The van der Waals surface area contributed by atoms with Gasteiger partial charge in [0.05, 0.1) is 5.83 Å². The Hall–Kier alpha value is -2.49. The zero-order chi connectivity index (χ0) is 22.3. The molecule has 2 aromatic rings. The summed E-state index contributed by atoms with van der Waals surface area (Å²) in [6.45, 7) is 9.33. The normalized spacial score (nSPS) is 15.3. The van der Waals surface area contributed by atoms with Gasteiger partial charge in [-0.1, -0.05) is 55.8 Å². The minimum atomic E-state index is -0.929. The van der Waals surface area contributed by atoms with Crippen LogP contribution in [-0.4, -0.2) is 10.1 Å². The molecule has 1 heterocycles. The van der Waals surface area contributed by atoms with E-state index < -0.39 is 6.10 Å². The number of aromatic nitrogens is 1. The van der Waals surface area contributed by atoms with Crippen LogP contribution in [0.25, 0.3) is 5.57 Å². The number of benzene rings is 1. The molecule has 0 spiro atoms. The first-order valence-corrected chi connectivity index (χ1v) is 10.4. The van der Waals surface area contributed by atoms with Crippen molar-refractivity contribution in [2.75, 3.05) is 0 Å². The highest BCUT2D eigenvalue weighted by Gasteiger charge is 2.25. The second kappa shape index (κ2) is 11.1. The summed E-state index contributed by atoms with van der Waals surface area (Å²) >= 11 is 6.09. The summed E-state index contributed by atoms with van der Waals surface area (Å²) in [6, 6.07) is 11.1. The summed E-state index contributed by atoms with van der Waals surface area (Å²) in [6.07, 6.45) is 7.76. The molecule has 0 amide bonds. The van der Waals surface area contributed by atoms with E-state index in [-0.39, 0.29) is 11.7 Å². The lowest BCUT2D eigenvalue weighted by Crippen LogP contribution is -2.12. The zero-order valence-electron chi connectivity index (χ0n) is 18.2. The maximum atomic E-state index is 13.9. The lowest BCUT2D eigenvalue weighted by molar-refractivity contribution is 0.218. The Labute approximate surface area is 184 Å². The number of aliphatic hydroxyl groups is 1. The van der Waals surface area contributed by atoms with E-state index in [0.717, 1.165) is 27.9 Å². The molecule has 0 aliphatic rings. The predicted molar refractivity (Wildman–Crippen MR) is 125 cm³/mol. The summed E-state index contributed by atoms with van der Waals surface area (Å²) in [5.74, 6) is -0.250. The number of hydrogen-bond acceptors (Lipinski definition) is 2. The van der Waals surface area contributed by atoms with Gasteiger partial charge >= 0.3 is 0 Å². The topological polar surface area (TPSA) is 33.1 Å². The van der Waals surface area contributed by atoms with Crippen LogP contribution < -0.4 is 0 Å². The van der Waals surface area contributed by atoms with Crippen molar-refractivity contribution < 1.29 is 9.50 Å². The van der Waals surface area contributed by atoms with Gasteiger partial charge in [0, 0.05) is 23.0 Å². The van der Waals surface area contributed by atoms with Crippen molar-refractivity contribution in [2.45, 2.75) is 40.7 Å². The lowest BCUT2D eigenvalue weighted by Gasteiger charge is -2.26. The summed E-state index contributed by atoms with van der Waals surface area (Å²) in [5.41, 5.74) is 4.83. The minimum absolute atomic E-state index is 0.0374. The van der Waals surface area contributed by atoms with Crippen LogP contribution in [-0.2, 0) is 0 Å². The molecule has 0 fully saturated rings. The third-order valence-electron chi connectivity index (χ3n) is 4.85. The van der Waals surface area contributed by atoms with Gasteiger partial charge < -0.3 is 5.11 Å². The number of hydrogen-bond donors (Lipinski definition) is 1. The van der Waals surface area contributed by atoms with Crippen molar-refractivity contribution in [1.82, 2.24) is 4.98 Å². The van der Waals surface area contributed by atoms with Crippen molar-refractivity contribution in [2.24, 2.45) is 5.92 Å². The maximum absolute atomic E-state index is 13.9. The Bertz CT molecular complexity index is 966. The van der Waals surface area contributed by atoms with Crippen molar-refractivity contribution in [3.05, 3.63) is 106 Å². The average molecular weight is 426 g/mol. The van der Waals surface area contributed by atoms with Crippen LogP contribution >= 0.6 is 11.6 Å². The molecule has 0 saturated carbocycles. The van der Waals surface area contributed by atoms with Crippen LogP contribution in [0.2, 0.25) is 5.02 Å². The first-order chi connectivity index (χ1) is 14.3. The predicted octanol–water partition coefficient (Wildman–Crippen LogP) is 7.64. The lowest BCUT2D eigenvalue weighted by atomic mass is 9.80. The van der Waals surface area contributed by atoms with E-state index in [2.05, 4.69) is 4.98 Å². The molecule has 2 nitrogen and oxygen atoms in total. The van der Waals surface area contributed by atoms with E-state index in [1.165, 1.54) is 13.0 Å². The van der Waals surface area contributed by atoms with Gasteiger partial charge in [-0.15, -0.1) is 0 Å². The molecule has 1 aromatic carbocycles. The second-order valence-corrected chi connectivity index (χ2v) is 7.79. The van der Waals surface area contributed by atoms with Gasteiger partial charge in [-0.2, -0.15) is 0 Å². The Morgan fingerprint density at radius 2 is 1.73 bits per heavy atom. The zero-order valence-corrected chi connectivity index (χ0v) is 18.9. The van der Waals surface area contributed by atoms with Gasteiger partial charge in [-0.25, -0.2) is 4.39 Å². The van der Waals surface area contributed by atoms with E-state index >= 15 is 0 Å². The molecular weight excluding hydrogens is 397 g/mol. The third kappa shape index (κ3) is 5.78. The monoisotopic (exact) mass is 425 g/mol. The molecule has 0 saturated heterocycles. The number of pyridine rings is 1. The number of aliphatic hydroxyl groups excluding tert-OH is 1. The van der Waals surface area contributed by atoms with Gasteiger partial charge in [0.25, 0.3) is 0 Å². The third-order valence-corrected chi connectivity index (χ3v) is 5.10. The highest BCUT2D eigenvalue weighted by Crippen LogP contribution is 2.40. The van der Waals surface area contributed by atoms with Crippen LogP contribution in [0, 0.1) is 5.92 Å². The van der Waals surface area contributed by atoms with Crippen LogP contribution in [0.3, 0.4) is 0 Å². The quantitative estimate of drug-likeness (QED) is 0.462. The van der Waals surface area contributed by atoms with Gasteiger partial charge in [-0.05, 0) is 78.8 Å². The number of allylic oxidation sites excluding steroid dienone is 6. The van der Waals surface area contributed by atoms with Crippen molar-refractivity contribution >= 4 is 17.2 Å². The van der Waals surface area contributed by atoms with E-state index in [0.29, 0.717) is 10.6 Å². The van der Waals surface area contributed by atoms with Gasteiger partial charge in [0.15, 0.2) is 0 Å². The van der Waals surface area contributed by atoms with Crippen LogP contribution in [0.5, 0.6) is 0 Å². The summed E-state index contributed by atoms with van der Waals surface area (Å²) in [7, 11) is 0. The van der Waals surface area contributed by atoms with Gasteiger partial charge in [0.2, 0.25) is 0 Å². The maximum Gasteiger partial charge on any atom is 0.106 e. The van der Waals surface area contributed by atoms with E-state index in [4.69, 9.17) is 11.6 Å². The molecule has 158 valence electrons. The van der Waals surface area contributed by atoms with E-state index in [1.54, 1.807) is 18.5 Å². The summed E-state index contributed by atoms with van der Waals surface area (Å²) in [5, 5.41) is 12.1. The van der Waals surface area contributed by atoms with Crippen LogP contribution in [0.1, 0.15) is 51.8 Å². The molecule has 0 aliphatic heterocycles. The van der Waals surface area contributed by atoms with Gasteiger partial charge in [0.1, 0.15) is 6.10 Å². The number of nitrogens with zero attached hydrogens (tertiary/aromatic N) is 1. The van der Waals surface area contributed by atoms with E-state index in [1.807, 2.05) is 70.2 Å². The molecule has 1 aromatic heterocycles. The minimum Gasteiger partial charge on any atom is -0.384 e. The summed E-state index contributed by atoms with van der Waals surface area (Å²) < 4.78 is 13.9. The molecule has 1 atom stereocenters. The van der Waals surface area contributed by atoms with Crippen molar-refractivity contribution in [3.8, 4) is 0 Å². The molecule has 0 bridgehead atoms. The van der Waals surface area contributed by atoms with Crippen LogP contribution in [0.4, 0.5) is 4.39 Å². The fourth-order valence-electron chi connectivity index (χ4n) is 3.58. The first kappa shape index (κ1) is 23.8. The number of rotatable bonds is 7. The molecule has 30 heavy (non-hydrogen) atoms. The molecule has 1 N–H and O–H groups in total. The standard InChI is InChI=1S/C26H29ClFNO/c1-6-19(15-18(5)28)24(17(3)4)25(26(30)21-9-8-14-29-16-21)23(7-2)20-10-12-22(27)13-11-20/h6-17,26,30H,1-5H3/b18-15+,19-6+,23-7?,25-24-. The Balaban J connectivity index is 2.87. The molecule has 1 unspecified atom stereocenters. The van der Waals surface area contributed by atoms with Crippen molar-refractivity contribution in [3.63, 3.8) is 0 Å². The number of halogens is 2. The molecular formula is C26H29ClFNO. The fourth-order valence-corrected chi connectivity index (χ4v) is 3.71. The fraction of sp³-hybridized carbons (Fsp3) is 0.269. The van der Waals surface area contributed by atoms with Gasteiger partial charge in [-0.3, -0.25) is 4.98 Å². The van der Waals surface area contributed by atoms with Crippen molar-refractivity contribution in [1.29, 1.82) is 0 Å². The largest absolute Gasteiger partial charge is 0.384 e. The molecule has 0 aliphatic carbocycles. The SMILES string of the molecule is CC=C(/C(=C(C(/C=C(\C)F)=C/C)\C(C)C)C(O)c1cccnc1)c1ccc(Cl)cc1. The van der Waals surface area contributed by atoms with Crippen LogP contribution in [0.15, 0.2) is 89.6 Å². The highest BCUT2D eigenvalue weighted by atomic mass is 35.5. The highest BCUT2D eigenvalue weighted by molar-refractivity contribution is 6.30. The Morgan fingerprint density at radius 1 is 1.07 bits per heavy atom. The first-order valence-electron chi connectivity index (χ1n) is 10.0. The van der Waals surface area contributed by atoms with E-state index in [9.17, 15) is 9.50 Å². The smallest absolute Gasteiger partial charge is 0.106 e.